The number of phenolic OH excluding ortho intramolecular Hbond substituents is 1. The Labute approximate surface area is 205 Å². The van der Waals surface area contributed by atoms with Crippen molar-refractivity contribution < 1.29 is 19.8 Å². The van der Waals surface area contributed by atoms with Crippen molar-refractivity contribution in [3.63, 3.8) is 0 Å². The number of likely N-dealkylation sites (tertiary alicyclic amines) is 1. The molecule has 1 aliphatic heterocycles. The van der Waals surface area contributed by atoms with Crippen LogP contribution in [0.3, 0.4) is 0 Å². The van der Waals surface area contributed by atoms with Gasteiger partial charge in [-0.15, -0.1) is 0 Å². The fourth-order valence-corrected chi connectivity index (χ4v) is 5.63. The second-order valence-corrected chi connectivity index (χ2v) is 10.7. The summed E-state index contributed by atoms with van der Waals surface area (Å²) in [6.07, 6.45) is 3.80. The minimum atomic E-state index is -1.07. The molecule has 1 aliphatic carbocycles. The third-order valence-electron chi connectivity index (χ3n) is 7.59. The molecule has 0 spiro atoms. The van der Waals surface area contributed by atoms with Crippen LogP contribution in [0.2, 0.25) is 5.02 Å². The van der Waals surface area contributed by atoms with Crippen LogP contribution in [0.15, 0.2) is 48.5 Å². The van der Waals surface area contributed by atoms with Gasteiger partial charge in [-0.05, 0) is 55.2 Å². The first-order valence-corrected chi connectivity index (χ1v) is 12.4. The highest BCUT2D eigenvalue weighted by Crippen LogP contribution is 2.46. The number of hydrogen-bond donors (Lipinski definition) is 3. The molecular formula is C27H33ClN2O4. The van der Waals surface area contributed by atoms with Crippen molar-refractivity contribution in [1.29, 1.82) is 0 Å². The molecule has 6 nitrogen and oxygen atoms in total. The number of piperidine rings is 1. The van der Waals surface area contributed by atoms with E-state index in [0.717, 1.165) is 31.2 Å². The van der Waals surface area contributed by atoms with E-state index in [0.29, 0.717) is 30.1 Å². The molecule has 0 aromatic heterocycles. The van der Waals surface area contributed by atoms with Crippen molar-refractivity contribution in [1.82, 2.24) is 10.2 Å². The molecule has 0 unspecified atom stereocenters. The molecule has 2 fully saturated rings. The monoisotopic (exact) mass is 484 g/mol. The molecule has 1 saturated carbocycles. The minimum Gasteiger partial charge on any atom is -0.508 e. The van der Waals surface area contributed by atoms with Gasteiger partial charge in [0.1, 0.15) is 5.75 Å². The maximum atomic E-state index is 13.7. The summed E-state index contributed by atoms with van der Waals surface area (Å²) in [6.45, 7) is 4.85. The van der Waals surface area contributed by atoms with Crippen molar-refractivity contribution >= 4 is 23.4 Å². The maximum Gasteiger partial charge on any atom is 0.251 e. The molecule has 3 atom stereocenters. The largest absolute Gasteiger partial charge is 0.508 e. The smallest absolute Gasteiger partial charge is 0.251 e. The molecule has 2 aromatic carbocycles. The van der Waals surface area contributed by atoms with Crippen LogP contribution in [0.1, 0.15) is 61.9 Å². The average Bonchev–Trinajstić information content (AvgIpc) is 2.81. The summed E-state index contributed by atoms with van der Waals surface area (Å²) in [4.78, 5) is 28.3. The van der Waals surface area contributed by atoms with Crippen molar-refractivity contribution in [2.24, 2.45) is 11.3 Å². The zero-order chi connectivity index (χ0) is 24.5. The Morgan fingerprint density at radius 1 is 1.09 bits per heavy atom. The fraction of sp³-hybridized carbons (Fsp3) is 0.481. The van der Waals surface area contributed by atoms with Crippen LogP contribution in [0.4, 0.5) is 0 Å². The molecule has 182 valence electrons. The predicted molar refractivity (Wildman–Crippen MR) is 132 cm³/mol. The Morgan fingerprint density at radius 3 is 2.47 bits per heavy atom. The highest BCUT2D eigenvalue weighted by molar-refractivity contribution is 6.30. The number of aromatic hydroxyl groups is 1. The lowest BCUT2D eigenvalue weighted by molar-refractivity contribution is -0.158. The normalized spacial score (nSPS) is 26.6. The van der Waals surface area contributed by atoms with E-state index >= 15 is 0 Å². The van der Waals surface area contributed by atoms with Gasteiger partial charge in [-0.1, -0.05) is 56.5 Å². The maximum absolute atomic E-state index is 13.7. The fourth-order valence-electron chi connectivity index (χ4n) is 5.50. The summed E-state index contributed by atoms with van der Waals surface area (Å²) in [5.74, 6) is -0.510. The summed E-state index contributed by atoms with van der Waals surface area (Å²) in [6, 6.07) is 13.3. The number of amides is 2. The lowest BCUT2D eigenvalue weighted by Crippen LogP contribution is -2.59. The first kappa shape index (κ1) is 24.6. The van der Waals surface area contributed by atoms with Gasteiger partial charge >= 0.3 is 0 Å². The predicted octanol–water partition coefficient (Wildman–Crippen LogP) is 4.48. The van der Waals surface area contributed by atoms with Gasteiger partial charge in [0.25, 0.3) is 5.91 Å². The number of aliphatic hydroxyl groups is 1. The SMILES string of the molecule is CC1(C)CN(C(=O)[C@H]2CCCC[C@H]2NC(=O)c2cccc(O)c2)CC[C@]1(O)c1ccc(Cl)cc1. The molecule has 4 rings (SSSR count). The minimum absolute atomic E-state index is 0.0344. The van der Waals surface area contributed by atoms with Gasteiger partial charge in [0, 0.05) is 35.1 Å². The third kappa shape index (κ3) is 4.80. The number of benzene rings is 2. The van der Waals surface area contributed by atoms with Crippen molar-refractivity contribution in [2.75, 3.05) is 13.1 Å². The molecule has 2 amide bonds. The number of halogens is 1. The number of nitrogens with zero attached hydrogens (tertiary/aromatic N) is 1. The molecule has 1 heterocycles. The third-order valence-corrected chi connectivity index (χ3v) is 7.84. The second kappa shape index (κ2) is 9.59. The molecule has 2 aliphatic rings. The van der Waals surface area contributed by atoms with Gasteiger partial charge in [0.15, 0.2) is 0 Å². The average molecular weight is 485 g/mol. The molecule has 7 heteroatoms. The standard InChI is InChI=1S/C27H33ClN2O4/c1-26(2)17-30(15-14-27(26,34)19-10-12-20(28)13-11-19)25(33)22-8-3-4-9-23(22)29-24(32)18-6-5-7-21(31)16-18/h5-7,10-13,16,22-23,31,34H,3-4,8-9,14-15,17H2,1-2H3,(H,29,32)/t22-,23+,27-/m0/s1. The van der Waals surface area contributed by atoms with Gasteiger partial charge in [-0.2, -0.15) is 0 Å². The number of rotatable bonds is 4. The molecular weight excluding hydrogens is 452 g/mol. The van der Waals surface area contributed by atoms with E-state index in [1.165, 1.54) is 12.1 Å². The van der Waals surface area contributed by atoms with Crippen molar-refractivity contribution in [3.05, 3.63) is 64.7 Å². The van der Waals surface area contributed by atoms with E-state index in [1.54, 1.807) is 24.3 Å². The Hall–Kier alpha value is -2.57. The lowest BCUT2D eigenvalue weighted by atomic mass is 9.66. The number of hydrogen-bond acceptors (Lipinski definition) is 4. The number of carbonyl (C=O) groups is 2. The quantitative estimate of drug-likeness (QED) is 0.596. The van der Waals surface area contributed by atoms with Crippen LogP contribution >= 0.6 is 11.6 Å². The van der Waals surface area contributed by atoms with Gasteiger partial charge in [0.05, 0.1) is 11.5 Å². The molecule has 2 aromatic rings. The van der Waals surface area contributed by atoms with Gasteiger partial charge in [-0.25, -0.2) is 0 Å². The first-order chi connectivity index (χ1) is 16.1. The summed E-state index contributed by atoms with van der Waals surface area (Å²) >= 11 is 6.04. The zero-order valence-corrected chi connectivity index (χ0v) is 20.5. The highest BCUT2D eigenvalue weighted by atomic mass is 35.5. The van der Waals surface area contributed by atoms with Crippen LogP contribution in [-0.4, -0.2) is 46.1 Å². The van der Waals surface area contributed by atoms with Crippen LogP contribution < -0.4 is 5.32 Å². The summed E-state index contributed by atoms with van der Waals surface area (Å²) in [5.41, 5.74) is -0.444. The molecule has 0 bridgehead atoms. The topological polar surface area (TPSA) is 89.9 Å². The number of phenols is 1. The van der Waals surface area contributed by atoms with Gasteiger partial charge in [-0.3, -0.25) is 9.59 Å². The van der Waals surface area contributed by atoms with Crippen molar-refractivity contribution in [3.8, 4) is 5.75 Å². The Morgan fingerprint density at radius 2 is 1.79 bits per heavy atom. The summed E-state index contributed by atoms with van der Waals surface area (Å²) in [7, 11) is 0. The number of nitrogens with one attached hydrogen (secondary N) is 1. The zero-order valence-electron chi connectivity index (χ0n) is 19.8. The van der Waals surface area contributed by atoms with Crippen LogP contribution in [0.25, 0.3) is 0 Å². The Balaban J connectivity index is 1.48. The summed E-state index contributed by atoms with van der Waals surface area (Å²) < 4.78 is 0. The van der Waals surface area contributed by atoms with Crippen molar-refractivity contribution in [2.45, 2.75) is 57.6 Å². The molecule has 3 N–H and O–H groups in total. The van der Waals surface area contributed by atoms with Gasteiger partial charge < -0.3 is 20.4 Å². The highest BCUT2D eigenvalue weighted by Gasteiger charge is 2.50. The number of carbonyl (C=O) groups excluding carboxylic acids is 2. The van der Waals surface area contributed by atoms with E-state index in [1.807, 2.05) is 30.9 Å². The van der Waals surface area contributed by atoms with Crippen LogP contribution in [0.5, 0.6) is 5.75 Å². The lowest BCUT2D eigenvalue weighted by Gasteiger charge is -2.51. The first-order valence-electron chi connectivity index (χ1n) is 12.0. The van der Waals surface area contributed by atoms with E-state index in [4.69, 9.17) is 11.6 Å². The Kier molecular flexibility index (Phi) is 6.92. The van der Waals surface area contributed by atoms with E-state index < -0.39 is 11.0 Å². The van der Waals surface area contributed by atoms with Gasteiger partial charge in [0.2, 0.25) is 5.91 Å². The Bertz CT molecular complexity index is 1050. The van der Waals surface area contributed by atoms with E-state index in [-0.39, 0.29) is 29.5 Å². The molecule has 1 saturated heterocycles. The molecule has 34 heavy (non-hydrogen) atoms. The van der Waals surface area contributed by atoms with E-state index in [9.17, 15) is 19.8 Å². The van der Waals surface area contributed by atoms with Crippen LogP contribution in [-0.2, 0) is 10.4 Å². The van der Waals surface area contributed by atoms with E-state index in [2.05, 4.69) is 5.32 Å². The summed E-state index contributed by atoms with van der Waals surface area (Å²) in [5, 5.41) is 25.0. The van der Waals surface area contributed by atoms with Crippen LogP contribution in [0, 0.1) is 11.3 Å². The molecule has 0 radical (unpaired) electrons. The second-order valence-electron chi connectivity index (χ2n) is 10.3.